The molecule has 0 fully saturated rings. The van der Waals surface area contributed by atoms with E-state index >= 15 is 0 Å². The predicted molar refractivity (Wildman–Crippen MR) is 70.8 cm³/mol. The lowest BCUT2D eigenvalue weighted by Crippen LogP contribution is -1.91. The first-order chi connectivity index (χ1) is 10.0. The first-order valence-electron chi connectivity index (χ1n) is 5.08. The van der Waals surface area contributed by atoms with E-state index in [0.717, 1.165) is 6.26 Å². The van der Waals surface area contributed by atoms with Gasteiger partial charge in [0.25, 0.3) is 0 Å². The van der Waals surface area contributed by atoms with Gasteiger partial charge in [0.1, 0.15) is 0 Å². The minimum Gasteiger partial charge on any atom is -0.478 e. The molecule has 0 radical (unpaired) electrons. The van der Waals surface area contributed by atoms with Crippen LogP contribution in [0.15, 0.2) is 37.1 Å². The van der Waals surface area contributed by atoms with E-state index in [1.54, 1.807) is 0 Å². The van der Waals surface area contributed by atoms with Crippen LogP contribution in [0, 0.1) is 0 Å². The van der Waals surface area contributed by atoms with Crippen molar-refractivity contribution < 1.29 is 49.1 Å². The Bertz CT molecular complexity index is 406. The molecule has 22 heavy (non-hydrogen) atoms. The zero-order valence-corrected chi connectivity index (χ0v) is 11.3. The van der Waals surface area contributed by atoms with Crippen LogP contribution in [-0.2, 0) is 28.7 Å². The molecule has 0 unspecified atom stereocenters. The largest absolute Gasteiger partial charge is 0.478 e. The maximum Gasteiger partial charge on any atom is 0.328 e. The molecule has 4 N–H and O–H groups in total. The fourth-order valence-corrected chi connectivity index (χ4v) is 0.403. The molecular formula is C12H14O10. The second kappa shape index (κ2) is 15.6. The molecule has 10 heteroatoms. The highest BCUT2D eigenvalue weighted by Crippen LogP contribution is 1.71. The van der Waals surface area contributed by atoms with Crippen LogP contribution in [0.1, 0.15) is 6.92 Å². The van der Waals surface area contributed by atoms with Gasteiger partial charge in [0, 0.05) is 31.2 Å². The molecule has 122 valence electrons. The van der Waals surface area contributed by atoms with E-state index in [4.69, 9.17) is 20.4 Å². The SMILES string of the molecule is C=COC(C)=O.O=C(O)/C=C/C(=O)O.O=C(O)/C=C/C(=O)O. The van der Waals surface area contributed by atoms with Gasteiger partial charge >= 0.3 is 29.8 Å². The Morgan fingerprint density at radius 1 is 0.727 bits per heavy atom. The summed E-state index contributed by atoms with van der Waals surface area (Å²) in [6.45, 7) is 4.48. The number of carbonyl (C=O) groups is 5. The fraction of sp³-hybridized carbons (Fsp3) is 0.0833. The molecule has 0 aliphatic carbocycles. The average molecular weight is 318 g/mol. The standard InChI is InChI=1S/2C4H4O4.C4H6O2/c2*5-3(6)1-2-4(7)8;1-3-6-4(2)5/h2*1-2H,(H,5,6)(H,7,8);3H,1H2,2H3/b2*2-1+;. The molecule has 0 rings (SSSR count). The highest BCUT2D eigenvalue weighted by atomic mass is 16.5. The Hall–Kier alpha value is -3.43. The van der Waals surface area contributed by atoms with Crippen LogP contribution in [0.3, 0.4) is 0 Å². The number of hydrogen-bond donors (Lipinski definition) is 4. The second-order valence-corrected chi connectivity index (χ2v) is 2.80. The van der Waals surface area contributed by atoms with Gasteiger partial charge in [0.05, 0.1) is 6.26 Å². The van der Waals surface area contributed by atoms with Crippen molar-refractivity contribution in [2.24, 2.45) is 0 Å². The third-order valence-electron chi connectivity index (χ3n) is 0.986. The van der Waals surface area contributed by atoms with E-state index in [1.807, 2.05) is 0 Å². The summed E-state index contributed by atoms with van der Waals surface area (Å²) in [5, 5.41) is 31.2. The Morgan fingerprint density at radius 3 is 1.00 bits per heavy atom. The minimum atomic E-state index is -1.26. The van der Waals surface area contributed by atoms with Gasteiger partial charge in [-0.1, -0.05) is 6.58 Å². The van der Waals surface area contributed by atoms with Gasteiger partial charge < -0.3 is 25.2 Å². The molecule has 0 bridgehead atoms. The summed E-state index contributed by atoms with van der Waals surface area (Å²) in [6.07, 6.45) is 3.33. The van der Waals surface area contributed by atoms with Gasteiger partial charge in [-0.3, -0.25) is 4.79 Å². The first-order valence-corrected chi connectivity index (χ1v) is 5.08. The molecule has 10 nitrogen and oxygen atoms in total. The van der Waals surface area contributed by atoms with E-state index in [9.17, 15) is 24.0 Å². The summed E-state index contributed by atoms with van der Waals surface area (Å²) in [7, 11) is 0. The summed E-state index contributed by atoms with van der Waals surface area (Å²) >= 11 is 0. The van der Waals surface area contributed by atoms with Gasteiger partial charge in [-0.05, 0) is 0 Å². The van der Waals surface area contributed by atoms with Crippen LogP contribution in [0.2, 0.25) is 0 Å². The number of esters is 1. The summed E-state index contributed by atoms with van der Waals surface area (Å²) < 4.78 is 4.17. The Morgan fingerprint density at radius 2 is 0.955 bits per heavy atom. The monoisotopic (exact) mass is 318 g/mol. The fourth-order valence-electron chi connectivity index (χ4n) is 0.403. The minimum absolute atomic E-state index is 0.329. The lowest BCUT2D eigenvalue weighted by molar-refractivity contribution is -0.135. The predicted octanol–water partition coefficient (Wildman–Crippen LogP) is 0.117. The van der Waals surface area contributed by atoms with Crippen molar-refractivity contribution in [2.75, 3.05) is 0 Å². The number of carboxylic acid groups (broad SMARTS) is 4. The first kappa shape index (κ1) is 23.6. The van der Waals surface area contributed by atoms with Crippen molar-refractivity contribution in [3.8, 4) is 0 Å². The zero-order chi connectivity index (χ0) is 18.1. The van der Waals surface area contributed by atoms with E-state index in [-0.39, 0.29) is 5.97 Å². The van der Waals surface area contributed by atoms with Gasteiger partial charge in [-0.15, -0.1) is 0 Å². The van der Waals surface area contributed by atoms with Crippen LogP contribution in [0.5, 0.6) is 0 Å². The third kappa shape index (κ3) is 43.9. The summed E-state index contributed by atoms with van der Waals surface area (Å²) in [6, 6.07) is 0. The summed E-state index contributed by atoms with van der Waals surface area (Å²) in [5.74, 6) is -5.36. The molecule has 0 spiro atoms. The number of ether oxygens (including phenoxy) is 1. The van der Waals surface area contributed by atoms with Crippen LogP contribution in [0.25, 0.3) is 0 Å². The summed E-state index contributed by atoms with van der Waals surface area (Å²) in [4.78, 5) is 48.0. The normalized spacial score (nSPS) is 8.77. The Kier molecular flexibility index (Phi) is 16.8. The molecular weight excluding hydrogens is 304 g/mol. The smallest absolute Gasteiger partial charge is 0.328 e. The molecule has 0 atom stereocenters. The number of carboxylic acids is 4. The van der Waals surface area contributed by atoms with Gasteiger partial charge in [-0.25, -0.2) is 19.2 Å². The van der Waals surface area contributed by atoms with Crippen LogP contribution >= 0.6 is 0 Å². The van der Waals surface area contributed by atoms with E-state index in [1.165, 1.54) is 6.92 Å². The third-order valence-corrected chi connectivity index (χ3v) is 0.986. The maximum absolute atomic E-state index is 9.75. The highest BCUT2D eigenvalue weighted by Gasteiger charge is 1.88. The molecule has 0 aromatic heterocycles. The van der Waals surface area contributed by atoms with Crippen molar-refractivity contribution >= 4 is 29.8 Å². The van der Waals surface area contributed by atoms with Gasteiger partial charge in [-0.2, -0.15) is 0 Å². The molecule has 0 amide bonds. The zero-order valence-electron chi connectivity index (χ0n) is 11.3. The average Bonchev–Trinajstić information content (AvgIpc) is 2.35. The van der Waals surface area contributed by atoms with Crippen molar-refractivity contribution in [2.45, 2.75) is 6.92 Å². The molecule has 0 aromatic rings. The Balaban J connectivity index is -0.000000249. The van der Waals surface area contributed by atoms with Crippen LogP contribution in [-0.4, -0.2) is 50.3 Å². The molecule has 0 saturated heterocycles. The van der Waals surface area contributed by atoms with E-state index in [0.29, 0.717) is 24.3 Å². The Labute approximate surface area is 124 Å². The van der Waals surface area contributed by atoms with Crippen LogP contribution in [0.4, 0.5) is 0 Å². The van der Waals surface area contributed by atoms with E-state index in [2.05, 4.69) is 11.3 Å². The van der Waals surface area contributed by atoms with Crippen molar-refractivity contribution in [3.63, 3.8) is 0 Å². The van der Waals surface area contributed by atoms with E-state index < -0.39 is 23.9 Å². The van der Waals surface area contributed by atoms with Crippen molar-refractivity contribution in [3.05, 3.63) is 37.1 Å². The molecule has 0 heterocycles. The lowest BCUT2D eigenvalue weighted by Gasteiger charge is -1.83. The quantitative estimate of drug-likeness (QED) is 0.309. The number of hydrogen-bond acceptors (Lipinski definition) is 6. The number of carbonyl (C=O) groups excluding carboxylic acids is 1. The lowest BCUT2D eigenvalue weighted by atomic mass is 10.5. The number of rotatable bonds is 5. The molecule has 0 aliphatic heterocycles. The number of aliphatic carboxylic acids is 4. The maximum atomic E-state index is 9.75. The van der Waals surface area contributed by atoms with Crippen LogP contribution < -0.4 is 0 Å². The van der Waals surface area contributed by atoms with Crippen molar-refractivity contribution in [1.82, 2.24) is 0 Å². The van der Waals surface area contributed by atoms with Crippen molar-refractivity contribution in [1.29, 1.82) is 0 Å². The molecule has 0 aromatic carbocycles. The van der Waals surface area contributed by atoms with Gasteiger partial charge in [0.15, 0.2) is 0 Å². The highest BCUT2D eigenvalue weighted by molar-refractivity contribution is 5.90. The molecule has 0 aliphatic rings. The van der Waals surface area contributed by atoms with Gasteiger partial charge in [0.2, 0.25) is 0 Å². The summed E-state index contributed by atoms with van der Waals surface area (Å²) in [5.41, 5.74) is 0. The topological polar surface area (TPSA) is 176 Å². The second-order valence-electron chi connectivity index (χ2n) is 2.80. The molecule has 0 saturated carbocycles.